The molecule has 3 heteroatoms. The summed E-state index contributed by atoms with van der Waals surface area (Å²) in [6.07, 6.45) is 4.26. The Balaban J connectivity index is 1.88. The van der Waals surface area contributed by atoms with Gasteiger partial charge in [-0.25, -0.2) is 0 Å². The van der Waals surface area contributed by atoms with Crippen molar-refractivity contribution < 1.29 is 4.74 Å². The molecule has 0 spiro atoms. The minimum Gasteiger partial charge on any atom is -0.377 e. The van der Waals surface area contributed by atoms with Crippen molar-refractivity contribution in [2.75, 3.05) is 32.8 Å². The van der Waals surface area contributed by atoms with Gasteiger partial charge in [0.05, 0.1) is 6.10 Å². The second-order valence-corrected chi connectivity index (χ2v) is 5.45. The van der Waals surface area contributed by atoms with Gasteiger partial charge in [-0.1, -0.05) is 6.92 Å². The smallest absolute Gasteiger partial charge is 0.0728 e. The van der Waals surface area contributed by atoms with Gasteiger partial charge in [-0.3, -0.25) is 4.90 Å². The van der Waals surface area contributed by atoms with Crippen molar-refractivity contribution in [3.05, 3.63) is 0 Å². The molecule has 0 aromatic carbocycles. The fourth-order valence-corrected chi connectivity index (χ4v) is 2.90. The molecule has 2 aliphatic heterocycles. The van der Waals surface area contributed by atoms with Gasteiger partial charge in [-0.15, -0.1) is 0 Å². The van der Waals surface area contributed by atoms with Gasteiger partial charge in [0.25, 0.3) is 0 Å². The van der Waals surface area contributed by atoms with Gasteiger partial charge < -0.3 is 10.1 Å². The maximum atomic E-state index is 5.82. The van der Waals surface area contributed by atoms with E-state index < -0.39 is 0 Å². The normalized spacial score (nSPS) is 35.6. The standard InChI is InChI=1S/C13H26N2O/c1-11-9-14-6-4-7-15(10-11)12(2)13-5-3-8-16-13/h11-14H,3-10H2,1-2H3. The molecule has 3 unspecified atom stereocenters. The Morgan fingerprint density at radius 1 is 1.38 bits per heavy atom. The Labute approximate surface area is 99.5 Å². The van der Waals surface area contributed by atoms with Crippen molar-refractivity contribution in [3.8, 4) is 0 Å². The Hall–Kier alpha value is -0.120. The average molecular weight is 226 g/mol. The summed E-state index contributed by atoms with van der Waals surface area (Å²) in [5, 5.41) is 3.51. The highest BCUT2D eigenvalue weighted by Gasteiger charge is 2.28. The van der Waals surface area contributed by atoms with Crippen LogP contribution in [0.15, 0.2) is 0 Å². The summed E-state index contributed by atoms with van der Waals surface area (Å²) in [4.78, 5) is 2.64. The number of rotatable bonds is 2. The number of ether oxygens (including phenoxy) is 1. The molecule has 0 aromatic rings. The van der Waals surface area contributed by atoms with E-state index in [1.54, 1.807) is 0 Å². The first-order valence-electron chi connectivity index (χ1n) is 6.83. The summed E-state index contributed by atoms with van der Waals surface area (Å²) in [5.41, 5.74) is 0. The summed E-state index contributed by atoms with van der Waals surface area (Å²) in [7, 11) is 0. The quantitative estimate of drug-likeness (QED) is 0.772. The zero-order valence-corrected chi connectivity index (χ0v) is 10.7. The Morgan fingerprint density at radius 2 is 2.25 bits per heavy atom. The molecule has 1 N–H and O–H groups in total. The first kappa shape index (κ1) is 12.3. The first-order chi connectivity index (χ1) is 7.77. The van der Waals surface area contributed by atoms with Crippen LogP contribution in [0, 0.1) is 5.92 Å². The van der Waals surface area contributed by atoms with E-state index in [-0.39, 0.29) is 0 Å². The van der Waals surface area contributed by atoms with Crippen molar-refractivity contribution in [2.45, 2.75) is 45.3 Å². The molecule has 0 amide bonds. The molecule has 0 radical (unpaired) electrons. The third kappa shape index (κ3) is 3.19. The van der Waals surface area contributed by atoms with E-state index in [1.165, 1.54) is 38.9 Å². The largest absolute Gasteiger partial charge is 0.377 e. The van der Waals surface area contributed by atoms with Gasteiger partial charge >= 0.3 is 0 Å². The zero-order valence-electron chi connectivity index (χ0n) is 10.7. The van der Waals surface area contributed by atoms with Crippen LogP contribution < -0.4 is 5.32 Å². The van der Waals surface area contributed by atoms with Crippen LogP contribution in [0.3, 0.4) is 0 Å². The second-order valence-electron chi connectivity index (χ2n) is 5.45. The van der Waals surface area contributed by atoms with E-state index in [1.807, 2.05) is 0 Å². The Kier molecular flexibility index (Phi) is 4.62. The highest BCUT2D eigenvalue weighted by atomic mass is 16.5. The van der Waals surface area contributed by atoms with Crippen molar-refractivity contribution in [1.82, 2.24) is 10.2 Å². The third-order valence-electron chi connectivity index (χ3n) is 3.92. The maximum absolute atomic E-state index is 5.82. The monoisotopic (exact) mass is 226 g/mol. The average Bonchev–Trinajstić information content (AvgIpc) is 2.75. The summed E-state index contributed by atoms with van der Waals surface area (Å²) in [6, 6.07) is 0.600. The van der Waals surface area contributed by atoms with Crippen LogP contribution in [-0.2, 0) is 4.74 Å². The van der Waals surface area contributed by atoms with Crippen LogP contribution >= 0.6 is 0 Å². The van der Waals surface area contributed by atoms with E-state index in [4.69, 9.17) is 4.74 Å². The van der Waals surface area contributed by atoms with Crippen molar-refractivity contribution in [3.63, 3.8) is 0 Å². The summed E-state index contributed by atoms with van der Waals surface area (Å²) in [5.74, 6) is 0.754. The molecule has 94 valence electrons. The zero-order chi connectivity index (χ0) is 11.4. The highest BCUT2D eigenvalue weighted by molar-refractivity contribution is 4.82. The molecule has 2 rings (SSSR count). The van der Waals surface area contributed by atoms with E-state index in [9.17, 15) is 0 Å². The molecule has 3 atom stereocenters. The van der Waals surface area contributed by atoms with E-state index >= 15 is 0 Å². The van der Waals surface area contributed by atoms with Gasteiger partial charge in [0.1, 0.15) is 0 Å². The number of hydrogen-bond acceptors (Lipinski definition) is 3. The van der Waals surface area contributed by atoms with Crippen LogP contribution in [0.2, 0.25) is 0 Å². The topological polar surface area (TPSA) is 24.5 Å². The van der Waals surface area contributed by atoms with E-state index in [2.05, 4.69) is 24.1 Å². The molecule has 3 nitrogen and oxygen atoms in total. The van der Waals surface area contributed by atoms with Crippen molar-refractivity contribution >= 4 is 0 Å². The van der Waals surface area contributed by atoms with Gasteiger partial charge in [-0.05, 0) is 51.7 Å². The molecular formula is C13H26N2O. The lowest BCUT2D eigenvalue weighted by Gasteiger charge is -2.36. The number of nitrogens with one attached hydrogen (secondary N) is 1. The Bertz CT molecular complexity index is 204. The minimum absolute atomic E-state index is 0.486. The van der Waals surface area contributed by atoms with Gasteiger partial charge in [0.2, 0.25) is 0 Å². The first-order valence-corrected chi connectivity index (χ1v) is 6.83. The van der Waals surface area contributed by atoms with Gasteiger partial charge in [-0.2, -0.15) is 0 Å². The lowest BCUT2D eigenvalue weighted by molar-refractivity contribution is 0.0234. The molecule has 0 aliphatic carbocycles. The fraction of sp³-hybridized carbons (Fsp3) is 1.00. The second kappa shape index (κ2) is 5.99. The predicted molar refractivity (Wildman–Crippen MR) is 66.7 cm³/mol. The lowest BCUT2D eigenvalue weighted by atomic mass is 10.0. The van der Waals surface area contributed by atoms with Crippen LogP contribution in [0.4, 0.5) is 0 Å². The highest BCUT2D eigenvalue weighted by Crippen LogP contribution is 2.20. The molecule has 2 aliphatic rings. The fourth-order valence-electron chi connectivity index (χ4n) is 2.90. The maximum Gasteiger partial charge on any atom is 0.0728 e. The van der Waals surface area contributed by atoms with Crippen LogP contribution in [0.25, 0.3) is 0 Å². The molecule has 2 fully saturated rings. The van der Waals surface area contributed by atoms with Crippen LogP contribution in [-0.4, -0.2) is 49.8 Å². The SMILES string of the molecule is CC1CNCCCN(C(C)C2CCCO2)C1. The summed E-state index contributed by atoms with van der Waals surface area (Å²) >= 11 is 0. The predicted octanol–water partition coefficient (Wildman–Crippen LogP) is 1.49. The number of hydrogen-bond donors (Lipinski definition) is 1. The summed E-state index contributed by atoms with van der Waals surface area (Å²) < 4.78 is 5.82. The molecular weight excluding hydrogens is 200 g/mol. The van der Waals surface area contributed by atoms with Crippen molar-refractivity contribution in [2.24, 2.45) is 5.92 Å². The van der Waals surface area contributed by atoms with Crippen LogP contribution in [0.5, 0.6) is 0 Å². The number of nitrogens with zero attached hydrogens (tertiary/aromatic N) is 1. The van der Waals surface area contributed by atoms with E-state index in [0.717, 1.165) is 19.1 Å². The molecule has 0 aromatic heterocycles. The molecule has 2 saturated heterocycles. The van der Waals surface area contributed by atoms with Crippen molar-refractivity contribution in [1.29, 1.82) is 0 Å². The molecule has 0 bridgehead atoms. The van der Waals surface area contributed by atoms with Gasteiger partial charge in [0.15, 0.2) is 0 Å². The minimum atomic E-state index is 0.486. The molecule has 0 saturated carbocycles. The Morgan fingerprint density at radius 3 is 3.00 bits per heavy atom. The lowest BCUT2D eigenvalue weighted by Crippen LogP contribution is -2.47. The molecule has 2 heterocycles. The van der Waals surface area contributed by atoms with E-state index in [0.29, 0.717) is 12.1 Å². The van der Waals surface area contributed by atoms with Gasteiger partial charge in [0, 0.05) is 19.2 Å². The van der Waals surface area contributed by atoms with Crippen LogP contribution in [0.1, 0.15) is 33.1 Å². The molecule has 16 heavy (non-hydrogen) atoms. The third-order valence-corrected chi connectivity index (χ3v) is 3.92. The summed E-state index contributed by atoms with van der Waals surface area (Å²) in [6.45, 7) is 10.4.